The summed E-state index contributed by atoms with van der Waals surface area (Å²) in [6.07, 6.45) is 1.59. The molecule has 0 aliphatic heterocycles. The maximum atomic E-state index is 6.17. The zero-order valence-electron chi connectivity index (χ0n) is 14.2. The molecule has 0 unspecified atom stereocenters. The molecule has 9 heteroatoms. The van der Waals surface area contributed by atoms with Gasteiger partial charge in [-0.1, -0.05) is 29.8 Å². The predicted octanol–water partition coefficient (Wildman–Crippen LogP) is 3.59. The number of hydrogen-bond acceptors (Lipinski definition) is 4. The average Bonchev–Trinajstić information content (AvgIpc) is 3.30. The van der Waals surface area contributed by atoms with Crippen LogP contribution in [0.1, 0.15) is 18.3 Å². The van der Waals surface area contributed by atoms with Gasteiger partial charge in [-0.3, -0.25) is 5.10 Å². The number of hydrogen-bond donors (Lipinski definition) is 3. The van der Waals surface area contributed by atoms with Crippen molar-refractivity contribution < 1.29 is 4.42 Å². The van der Waals surface area contributed by atoms with E-state index in [9.17, 15) is 0 Å². The number of rotatable bonds is 6. The third-order valence-corrected chi connectivity index (χ3v) is 3.77. The highest BCUT2D eigenvalue weighted by molar-refractivity contribution is 14.0. The van der Waals surface area contributed by atoms with E-state index in [-0.39, 0.29) is 24.0 Å². The van der Waals surface area contributed by atoms with Crippen LogP contribution in [-0.2, 0) is 13.1 Å². The molecule has 0 amide bonds. The fourth-order valence-corrected chi connectivity index (χ4v) is 2.39. The molecule has 0 spiro atoms. The molecule has 26 heavy (non-hydrogen) atoms. The van der Waals surface area contributed by atoms with E-state index in [4.69, 9.17) is 16.0 Å². The molecule has 2 heterocycles. The average molecular weight is 487 g/mol. The molecule has 7 nitrogen and oxygen atoms in total. The van der Waals surface area contributed by atoms with Crippen molar-refractivity contribution in [2.24, 2.45) is 4.99 Å². The van der Waals surface area contributed by atoms with Gasteiger partial charge in [-0.05, 0) is 30.7 Å². The van der Waals surface area contributed by atoms with Crippen LogP contribution in [0.25, 0.3) is 11.6 Å². The Labute approximate surface area is 173 Å². The number of aromatic amines is 1. The van der Waals surface area contributed by atoms with Gasteiger partial charge >= 0.3 is 0 Å². The molecule has 3 rings (SSSR count). The summed E-state index contributed by atoms with van der Waals surface area (Å²) in [7, 11) is 0. The van der Waals surface area contributed by atoms with E-state index < -0.39 is 0 Å². The lowest BCUT2D eigenvalue weighted by Crippen LogP contribution is -2.37. The Morgan fingerprint density at radius 3 is 2.81 bits per heavy atom. The molecule has 0 radical (unpaired) electrons. The first-order chi connectivity index (χ1) is 12.3. The first kappa shape index (κ1) is 20.2. The van der Waals surface area contributed by atoms with Crippen molar-refractivity contribution in [2.75, 3.05) is 6.54 Å². The molecule has 138 valence electrons. The van der Waals surface area contributed by atoms with Crippen molar-refractivity contribution in [1.29, 1.82) is 0 Å². The molecular weight excluding hydrogens is 467 g/mol. The van der Waals surface area contributed by atoms with E-state index in [1.807, 2.05) is 37.3 Å². The van der Waals surface area contributed by atoms with E-state index in [2.05, 4.69) is 30.8 Å². The fraction of sp³-hybridized carbons (Fsp3) is 0.235. The number of furan rings is 1. The molecule has 0 saturated carbocycles. The summed E-state index contributed by atoms with van der Waals surface area (Å²) >= 11 is 6.17. The van der Waals surface area contributed by atoms with E-state index in [0.29, 0.717) is 41.5 Å². The summed E-state index contributed by atoms with van der Waals surface area (Å²) in [6.45, 7) is 3.71. The highest BCUT2D eigenvalue weighted by atomic mass is 127. The van der Waals surface area contributed by atoms with Crippen LogP contribution in [0.3, 0.4) is 0 Å². The van der Waals surface area contributed by atoms with Crippen LogP contribution < -0.4 is 10.6 Å². The minimum atomic E-state index is 0. The maximum absolute atomic E-state index is 6.17. The van der Waals surface area contributed by atoms with Gasteiger partial charge in [0.15, 0.2) is 11.7 Å². The van der Waals surface area contributed by atoms with E-state index in [1.165, 1.54) is 0 Å². The van der Waals surface area contributed by atoms with Crippen LogP contribution in [0.15, 0.2) is 52.1 Å². The molecule has 3 aromatic rings. The Hall–Kier alpha value is -2.07. The van der Waals surface area contributed by atoms with Crippen molar-refractivity contribution >= 4 is 41.5 Å². The van der Waals surface area contributed by atoms with E-state index in [0.717, 1.165) is 12.1 Å². The van der Waals surface area contributed by atoms with Crippen LogP contribution in [-0.4, -0.2) is 27.7 Å². The minimum absolute atomic E-state index is 0. The van der Waals surface area contributed by atoms with Gasteiger partial charge in [-0.25, -0.2) is 9.98 Å². The Balaban J connectivity index is 0.00000243. The lowest BCUT2D eigenvalue weighted by Gasteiger charge is -2.10. The van der Waals surface area contributed by atoms with Crippen molar-refractivity contribution in [3.63, 3.8) is 0 Å². The molecule has 0 aliphatic carbocycles. The Bertz CT molecular complexity index is 833. The third-order valence-electron chi connectivity index (χ3n) is 3.41. The summed E-state index contributed by atoms with van der Waals surface area (Å²) in [5.41, 5.74) is 0.973. The lowest BCUT2D eigenvalue weighted by molar-refractivity contribution is 0.577. The van der Waals surface area contributed by atoms with Gasteiger partial charge in [0.25, 0.3) is 0 Å². The number of guanidine groups is 1. The van der Waals surface area contributed by atoms with Crippen molar-refractivity contribution in [1.82, 2.24) is 25.8 Å². The van der Waals surface area contributed by atoms with Gasteiger partial charge in [0.2, 0.25) is 5.82 Å². The number of nitrogens with zero attached hydrogens (tertiary/aromatic N) is 3. The number of aliphatic imine (C=N–C) groups is 1. The number of benzene rings is 1. The lowest BCUT2D eigenvalue weighted by atomic mass is 10.2. The van der Waals surface area contributed by atoms with Gasteiger partial charge in [-0.2, -0.15) is 0 Å². The topological polar surface area (TPSA) is 91.1 Å². The Morgan fingerprint density at radius 1 is 1.23 bits per heavy atom. The molecule has 2 aromatic heterocycles. The highest BCUT2D eigenvalue weighted by Gasteiger charge is 2.08. The van der Waals surface area contributed by atoms with Crippen molar-refractivity contribution in [3.05, 3.63) is 59.1 Å². The number of halogens is 2. The van der Waals surface area contributed by atoms with E-state index in [1.54, 1.807) is 12.3 Å². The zero-order chi connectivity index (χ0) is 17.5. The van der Waals surface area contributed by atoms with Crippen LogP contribution >= 0.6 is 35.6 Å². The predicted molar refractivity (Wildman–Crippen MR) is 113 cm³/mol. The zero-order valence-corrected chi connectivity index (χ0v) is 17.3. The molecule has 1 aromatic carbocycles. The first-order valence-electron chi connectivity index (χ1n) is 7.97. The summed E-state index contributed by atoms with van der Waals surface area (Å²) in [6, 6.07) is 11.3. The molecule has 0 aliphatic rings. The summed E-state index contributed by atoms with van der Waals surface area (Å²) in [5, 5.41) is 14.1. The van der Waals surface area contributed by atoms with Gasteiger partial charge in [-0.15, -0.1) is 29.1 Å². The molecular formula is C17H20ClIN6O. The Morgan fingerprint density at radius 2 is 2.08 bits per heavy atom. The largest absolute Gasteiger partial charge is 0.461 e. The van der Waals surface area contributed by atoms with Gasteiger partial charge in [0.1, 0.15) is 5.82 Å². The van der Waals surface area contributed by atoms with Crippen LogP contribution in [0.4, 0.5) is 0 Å². The number of H-pyrrole nitrogens is 1. The number of nitrogens with one attached hydrogen (secondary N) is 3. The summed E-state index contributed by atoms with van der Waals surface area (Å²) in [4.78, 5) is 8.94. The normalized spacial score (nSPS) is 11.1. The second-order valence-corrected chi connectivity index (χ2v) is 5.63. The maximum Gasteiger partial charge on any atom is 0.216 e. The standard InChI is InChI=1S/C17H19ClN6O.HI/c1-2-19-17(20-10-12-6-3-4-7-13(12)18)21-11-15-22-16(24-23-15)14-8-5-9-25-14;/h3-9H,2,10-11H2,1H3,(H2,19,20,21)(H,22,23,24);1H. The Kier molecular flexibility index (Phi) is 7.92. The van der Waals surface area contributed by atoms with Gasteiger partial charge in [0, 0.05) is 11.6 Å². The number of aromatic nitrogens is 3. The van der Waals surface area contributed by atoms with Crippen LogP contribution in [0.2, 0.25) is 5.02 Å². The quantitative estimate of drug-likeness (QED) is 0.281. The monoisotopic (exact) mass is 486 g/mol. The first-order valence-corrected chi connectivity index (χ1v) is 8.35. The molecule has 0 atom stereocenters. The van der Waals surface area contributed by atoms with Crippen LogP contribution in [0.5, 0.6) is 0 Å². The molecule has 0 fully saturated rings. The van der Waals surface area contributed by atoms with Crippen LogP contribution in [0, 0.1) is 0 Å². The van der Waals surface area contributed by atoms with Gasteiger partial charge in [0.05, 0.1) is 19.4 Å². The second kappa shape index (κ2) is 10.2. The second-order valence-electron chi connectivity index (χ2n) is 5.22. The van der Waals surface area contributed by atoms with Gasteiger partial charge < -0.3 is 15.1 Å². The summed E-state index contributed by atoms with van der Waals surface area (Å²) < 4.78 is 5.28. The van der Waals surface area contributed by atoms with Crippen molar-refractivity contribution in [2.45, 2.75) is 20.0 Å². The SMILES string of the molecule is CCNC(=NCc1ccccc1Cl)NCc1nc(-c2ccco2)n[nH]1.I. The highest BCUT2D eigenvalue weighted by Crippen LogP contribution is 2.16. The molecule has 3 N–H and O–H groups in total. The molecule has 0 saturated heterocycles. The fourth-order valence-electron chi connectivity index (χ4n) is 2.19. The minimum Gasteiger partial charge on any atom is -0.461 e. The summed E-state index contributed by atoms with van der Waals surface area (Å²) in [5.74, 6) is 2.52. The smallest absolute Gasteiger partial charge is 0.216 e. The third kappa shape index (κ3) is 5.46. The molecule has 0 bridgehead atoms. The van der Waals surface area contributed by atoms with E-state index >= 15 is 0 Å². The van der Waals surface area contributed by atoms with Crippen molar-refractivity contribution in [3.8, 4) is 11.6 Å².